The lowest BCUT2D eigenvalue weighted by atomic mass is 10.1. The van der Waals surface area contributed by atoms with Crippen LogP contribution >= 0.6 is 0 Å². The van der Waals surface area contributed by atoms with Crippen LogP contribution in [0.1, 0.15) is 39.0 Å². The van der Waals surface area contributed by atoms with Crippen LogP contribution in [0.3, 0.4) is 0 Å². The molecule has 1 saturated heterocycles. The van der Waals surface area contributed by atoms with E-state index in [9.17, 15) is 0 Å². The van der Waals surface area contributed by atoms with Crippen molar-refractivity contribution in [3.63, 3.8) is 0 Å². The second kappa shape index (κ2) is 6.24. The lowest BCUT2D eigenvalue weighted by Gasteiger charge is -2.26. The third-order valence-corrected chi connectivity index (χ3v) is 3.72. The molecule has 2 fully saturated rings. The van der Waals surface area contributed by atoms with Gasteiger partial charge in [-0.1, -0.05) is 0 Å². The Balaban J connectivity index is 1.74. The molecule has 20 heavy (non-hydrogen) atoms. The van der Waals surface area contributed by atoms with Gasteiger partial charge in [-0.25, -0.2) is 0 Å². The van der Waals surface area contributed by atoms with Gasteiger partial charge in [0.05, 0.1) is 6.61 Å². The van der Waals surface area contributed by atoms with Crippen molar-refractivity contribution < 1.29 is 4.74 Å². The number of nitrogens with zero attached hydrogens (tertiary/aromatic N) is 4. The molecule has 1 aromatic heterocycles. The highest BCUT2D eigenvalue weighted by atomic mass is 16.5. The molecule has 110 valence electrons. The van der Waals surface area contributed by atoms with Crippen LogP contribution in [0.4, 0.5) is 11.9 Å². The summed E-state index contributed by atoms with van der Waals surface area (Å²) in [5.41, 5.74) is 0. The van der Waals surface area contributed by atoms with Gasteiger partial charge in [0.15, 0.2) is 0 Å². The molecular formula is C14H23N5O. The molecule has 0 amide bonds. The standard InChI is InChI=1S/C14H23N5O/c1-2-15-12-16-13(19-8-4-3-5-9-19)18-14(17-12)20-10-11-6-7-11/h11H,2-10H2,1H3,(H,15,16,17,18). The van der Waals surface area contributed by atoms with Crippen LogP contribution in [0.5, 0.6) is 6.01 Å². The number of aromatic nitrogens is 3. The first-order valence-electron chi connectivity index (χ1n) is 7.73. The topological polar surface area (TPSA) is 63.2 Å². The average molecular weight is 277 g/mol. The first-order chi connectivity index (χ1) is 9.85. The van der Waals surface area contributed by atoms with E-state index >= 15 is 0 Å². The minimum atomic E-state index is 0.462. The van der Waals surface area contributed by atoms with E-state index in [2.05, 4.69) is 25.2 Å². The highest BCUT2D eigenvalue weighted by Gasteiger charge is 2.23. The number of nitrogens with one attached hydrogen (secondary N) is 1. The second-order valence-electron chi connectivity index (χ2n) is 5.57. The predicted molar refractivity (Wildman–Crippen MR) is 78.3 cm³/mol. The van der Waals surface area contributed by atoms with Gasteiger partial charge in [-0.15, -0.1) is 0 Å². The molecule has 0 bridgehead atoms. The van der Waals surface area contributed by atoms with Crippen LogP contribution in [0.2, 0.25) is 0 Å². The summed E-state index contributed by atoms with van der Waals surface area (Å²) >= 11 is 0. The fourth-order valence-corrected chi connectivity index (χ4v) is 2.36. The van der Waals surface area contributed by atoms with Crippen molar-refractivity contribution in [2.45, 2.75) is 39.0 Å². The SMILES string of the molecule is CCNc1nc(OCC2CC2)nc(N2CCCCC2)n1. The Morgan fingerprint density at radius 3 is 2.65 bits per heavy atom. The predicted octanol–water partition coefficient (Wildman–Crippen LogP) is 2.08. The van der Waals surface area contributed by atoms with Gasteiger partial charge < -0.3 is 15.0 Å². The third kappa shape index (κ3) is 3.49. The maximum Gasteiger partial charge on any atom is 0.323 e. The summed E-state index contributed by atoms with van der Waals surface area (Å²) < 4.78 is 5.72. The molecular weight excluding hydrogens is 254 g/mol. The quantitative estimate of drug-likeness (QED) is 0.859. The maximum absolute atomic E-state index is 5.72. The number of anilines is 2. The van der Waals surface area contributed by atoms with Crippen molar-refractivity contribution in [1.29, 1.82) is 0 Å². The second-order valence-corrected chi connectivity index (χ2v) is 5.57. The summed E-state index contributed by atoms with van der Waals surface area (Å²) in [7, 11) is 0. The molecule has 1 aromatic rings. The molecule has 0 radical (unpaired) electrons. The van der Waals surface area contributed by atoms with Gasteiger partial charge in [0, 0.05) is 19.6 Å². The smallest absolute Gasteiger partial charge is 0.323 e. The number of hydrogen-bond acceptors (Lipinski definition) is 6. The van der Waals surface area contributed by atoms with E-state index < -0.39 is 0 Å². The van der Waals surface area contributed by atoms with Gasteiger partial charge in [-0.05, 0) is 44.9 Å². The number of hydrogen-bond donors (Lipinski definition) is 1. The van der Waals surface area contributed by atoms with Crippen molar-refractivity contribution in [2.24, 2.45) is 5.92 Å². The fourth-order valence-electron chi connectivity index (χ4n) is 2.36. The van der Waals surface area contributed by atoms with E-state index in [4.69, 9.17) is 4.74 Å². The van der Waals surface area contributed by atoms with Crippen molar-refractivity contribution in [3.8, 4) is 6.01 Å². The Labute approximate surface area is 120 Å². The largest absolute Gasteiger partial charge is 0.463 e. The zero-order valence-corrected chi connectivity index (χ0v) is 12.1. The van der Waals surface area contributed by atoms with Crippen LogP contribution in [-0.2, 0) is 0 Å². The zero-order chi connectivity index (χ0) is 13.8. The zero-order valence-electron chi connectivity index (χ0n) is 12.1. The molecule has 1 aliphatic heterocycles. The fraction of sp³-hybridized carbons (Fsp3) is 0.786. The van der Waals surface area contributed by atoms with Crippen LogP contribution in [0.25, 0.3) is 0 Å². The van der Waals surface area contributed by atoms with Crippen LogP contribution < -0.4 is 15.0 Å². The van der Waals surface area contributed by atoms with Crippen LogP contribution in [0, 0.1) is 5.92 Å². The average Bonchev–Trinajstić information content (AvgIpc) is 3.30. The maximum atomic E-state index is 5.72. The highest BCUT2D eigenvalue weighted by Crippen LogP contribution is 2.29. The van der Waals surface area contributed by atoms with E-state index in [1.807, 2.05) is 6.92 Å². The Morgan fingerprint density at radius 2 is 1.95 bits per heavy atom. The summed E-state index contributed by atoms with van der Waals surface area (Å²) in [5, 5.41) is 3.16. The lowest BCUT2D eigenvalue weighted by molar-refractivity contribution is 0.276. The molecule has 1 aliphatic carbocycles. The Bertz CT molecular complexity index is 443. The van der Waals surface area contributed by atoms with Crippen LogP contribution in [-0.4, -0.2) is 41.2 Å². The van der Waals surface area contributed by atoms with E-state index in [1.165, 1.54) is 32.1 Å². The molecule has 1 saturated carbocycles. The van der Waals surface area contributed by atoms with E-state index in [1.54, 1.807) is 0 Å². The minimum absolute atomic E-state index is 0.462. The highest BCUT2D eigenvalue weighted by molar-refractivity contribution is 5.38. The van der Waals surface area contributed by atoms with Gasteiger partial charge in [0.25, 0.3) is 0 Å². The molecule has 0 atom stereocenters. The lowest BCUT2D eigenvalue weighted by Crippen LogP contribution is -2.31. The van der Waals surface area contributed by atoms with E-state index in [0.29, 0.717) is 17.9 Å². The molecule has 2 heterocycles. The summed E-state index contributed by atoms with van der Waals surface area (Å²) in [6.07, 6.45) is 6.25. The molecule has 6 heteroatoms. The first-order valence-corrected chi connectivity index (χ1v) is 7.73. The van der Waals surface area contributed by atoms with Gasteiger partial charge in [0.2, 0.25) is 11.9 Å². The molecule has 6 nitrogen and oxygen atoms in total. The van der Waals surface area contributed by atoms with Crippen LogP contribution in [0.15, 0.2) is 0 Å². The Hall–Kier alpha value is -1.59. The molecule has 1 N–H and O–H groups in total. The van der Waals surface area contributed by atoms with Crippen molar-refractivity contribution in [1.82, 2.24) is 15.0 Å². The monoisotopic (exact) mass is 277 g/mol. The molecule has 0 spiro atoms. The summed E-state index contributed by atoms with van der Waals surface area (Å²) in [6.45, 7) is 5.62. The molecule has 0 aromatic carbocycles. The van der Waals surface area contributed by atoms with Crippen molar-refractivity contribution >= 4 is 11.9 Å². The van der Waals surface area contributed by atoms with E-state index in [0.717, 1.165) is 32.2 Å². The Kier molecular flexibility index (Phi) is 4.18. The molecule has 3 rings (SSSR count). The molecule has 2 aliphatic rings. The van der Waals surface area contributed by atoms with Gasteiger partial charge >= 0.3 is 6.01 Å². The van der Waals surface area contributed by atoms with Gasteiger partial charge in [-0.2, -0.15) is 15.0 Å². The first kappa shape index (κ1) is 13.4. The van der Waals surface area contributed by atoms with Crippen molar-refractivity contribution in [2.75, 3.05) is 36.5 Å². The van der Waals surface area contributed by atoms with Gasteiger partial charge in [0.1, 0.15) is 0 Å². The third-order valence-electron chi connectivity index (χ3n) is 3.72. The summed E-state index contributed by atoms with van der Waals surface area (Å²) in [4.78, 5) is 15.6. The number of piperidine rings is 1. The number of ether oxygens (including phenoxy) is 1. The molecule has 0 unspecified atom stereocenters. The van der Waals surface area contributed by atoms with Gasteiger partial charge in [-0.3, -0.25) is 0 Å². The van der Waals surface area contributed by atoms with E-state index in [-0.39, 0.29) is 0 Å². The summed E-state index contributed by atoms with van der Waals surface area (Å²) in [6, 6.07) is 0.462. The normalized spacial score (nSPS) is 18.9. The van der Waals surface area contributed by atoms with Crippen molar-refractivity contribution in [3.05, 3.63) is 0 Å². The summed E-state index contributed by atoms with van der Waals surface area (Å²) in [5.74, 6) is 2.07. The number of rotatable bonds is 6. The Morgan fingerprint density at radius 1 is 1.15 bits per heavy atom. The minimum Gasteiger partial charge on any atom is -0.463 e.